The van der Waals surface area contributed by atoms with Crippen LogP contribution in [0.3, 0.4) is 0 Å². The molecule has 0 atom stereocenters. The van der Waals surface area contributed by atoms with E-state index < -0.39 is 0 Å². The van der Waals surface area contributed by atoms with Crippen LogP contribution in [0.1, 0.15) is 0 Å². The predicted octanol–water partition coefficient (Wildman–Crippen LogP) is 6.75. The van der Waals surface area contributed by atoms with Crippen LogP contribution in [-0.2, 0) is 0 Å². The van der Waals surface area contributed by atoms with Crippen molar-refractivity contribution in [3.63, 3.8) is 0 Å². The summed E-state index contributed by atoms with van der Waals surface area (Å²) in [5, 5.41) is 9.42. The molecule has 0 unspecified atom stereocenters. The molecule has 0 aliphatic heterocycles. The van der Waals surface area contributed by atoms with Crippen LogP contribution in [0.15, 0.2) is 97.2 Å². The lowest BCUT2D eigenvalue weighted by atomic mass is 9.95. The zero-order valence-corrected chi connectivity index (χ0v) is 13.7. The first-order chi connectivity index (χ1) is 12.4. The van der Waals surface area contributed by atoms with Crippen LogP contribution in [0.2, 0.25) is 0 Å². The van der Waals surface area contributed by atoms with E-state index >= 15 is 0 Å². The molecule has 1 heterocycles. The Hall–Kier alpha value is -3.32. The molecule has 0 radical (unpaired) electrons. The summed E-state index contributed by atoms with van der Waals surface area (Å²) in [5.41, 5.74) is 1.21. The molecule has 1 N–H and O–H groups in total. The molecular formula is C24H17N. The molecule has 0 spiro atoms. The van der Waals surface area contributed by atoms with Crippen LogP contribution in [0, 0.1) is 0 Å². The van der Waals surface area contributed by atoms with Gasteiger partial charge < -0.3 is 4.98 Å². The average Bonchev–Trinajstić information content (AvgIpc) is 3.16. The number of nitrogens with one attached hydrogen (secondary N) is 1. The van der Waals surface area contributed by atoms with Gasteiger partial charge in [0.05, 0.1) is 0 Å². The molecule has 0 amide bonds. The monoisotopic (exact) mass is 319 g/mol. The quantitative estimate of drug-likeness (QED) is 0.298. The van der Waals surface area contributed by atoms with Gasteiger partial charge in [-0.15, -0.1) is 0 Å². The number of H-pyrrole nitrogens is 1. The molecule has 1 heteroatoms. The normalized spacial score (nSPS) is 11.2. The Morgan fingerprint density at radius 3 is 1.40 bits per heavy atom. The smallest absolute Gasteiger partial charge is 0.0453 e. The minimum Gasteiger partial charge on any atom is -0.361 e. The lowest BCUT2D eigenvalue weighted by molar-refractivity contribution is 1.48. The fourth-order valence-electron chi connectivity index (χ4n) is 3.66. The summed E-state index contributed by atoms with van der Waals surface area (Å²) in [7, 11) is 0. The lowest BCUT2D eigenvalue weighted by Crippen LogP contribution is -1.82. The second-order valence-electron chi connectivity index (χ2n) is 6.35. The molecule has 118 valence electrons. The van der Waals surface area contributed by atoms with E-state index in [1.54, 1.807) is 0 Å². The Morgan fingerprint density at radius 1 is 0.400 bits per heavy atom. The molecule has 6 aromatic rings. The van der Waals surface area contributed by atoms with Gasteiger partial charge in [-0.25, -0.2) is 0 Å². The maximum Gasteiger partial charge on any atom is 0.0453 e. The summed E-state index contributed by atoms with van der Waals surface area (Å²) >= 11 is 0. The average molecular weight is 319 g/mol. The van der Waals surface area contributed by atoms with Crippen molar-refractivity contribution in [3.05, 3.63) is 97.2 Å². The molecule has 6 rings (SSSR count). The van der Waals surface area contributed by atoms with Crippen molar-refractivity contribution < 1.29 is 0 Å². The highest BCUT2D eigenvalue weighted by molar-refractivity contribution is 6.22. The van der Waals surface area contributed by atoms with E-state index in [1.807, 2.05) is 18.3 Å². The summed E-state index contributed by atoms with van der Waals surface area (Å²) in [6.07, 6.45) is 1.95. The Kier molecular flexibility index (Phi) is 3.17. The topological polar surface area (TPSA) is 15.8 Å². The van der Waals surface area contributed by atoms with E-state index in [0.29, 0.717) is 0 Å². The summed E-state index contributed by atoms with van der Waals surface area (Å²) in [4.78, 5) is 3.12. The second kappa shape index (κ2) is 5.64. The van der Waals surface area contributed by atoms with E-state index in [1.165, 1.54) is 43.2 Å². The largest absolute Gasteiger partial charge is 0.361 e. The molecule has 25 heavy (non-hydrogen) atoms. The van der Waals surface area contributed by atoms with Crippen LogP contribution < -0.4 is 0 Å². The molecule has 0 aliphatic carbocycles. The molecule has 5 aromatic carbocycles. The zero-order chi connectivity index (χ0) is 16.6. The number of hydrogen-bond donors (Lipinski definition) is 1. The van der Waals surface area contributed by atoms with Gasteiger partial charge in [-0.3, -0.25) is 0 Å². The van der Waals surface area contributed by atoms with Crippen LogP contribution in [-0.4, -0.2) is 4.98 Å². The van der Waals surface area contributed by atoms with Gasteiger partial charge in [0.15, 0.2) is 0 Å². The van der Waals surface area contributed by atoms with Gasteiger partial charge in [-0.05, 0) is 49.8 Å². The molecule has 0 aliphatic rings. The Balaban J connectivity index is 0.000000132. The number of benzene rings is 5. The maximum atomic E-state index is 3.12. The van der Waals surface area contributed by atoms with Gasteiger partial charge in [0, 0.05) is 11.7 Å². The number of rotatable bonds is 0. The zero-order valence-electron chi connectivity index (χ0n) is 13.7. The molecule has 1 aromatic heterocycles. The Labute approximate surface area is 145 Å². The van der Waals surface area contributed by atoms with Crippen molar-refractivity contribution in [2.24, 2.45) is 0 Å². The van der Waals surface area contributed by atoms with Crippen molar-refractivity contribution in [1.82, 2.24) is 4.98 Å². The Bertz CT molecular complexity index is 1130. The summed E-state index contributed by atoms with van der Waals surface area (Å²) in [6, 6.07) is 32.1. The molecule has 0 saturated heterocycles. The predicted molar refractivity (Wildman–Crippen MR) is 108 cm³/mol. The van der Waals surface area contributed by atoms with E-state index in [2.05, 4.69) is 83.8 Å². The van der Waals surface area contributed by atoms with Crippen molar-refractivity contribution in [1.29, 1.82) is 0 Å². The summed E-state index contributed by atoms with van der Waals surface area (Å²) in [5.74, 6) is 0. The molecule has 1 nitrogen and oxygen atoms in total. The lowest BCUT2D eigenvalue weighted by Gasteiger charge is -2.09. The van der Waals surface area contributed by atoms with Crippen LogP contribution in [0.5, 0.6) is 0 Å². The fraction of sp³-hybridized carbons (Fsp3) is 0. The van der Waals surface area contributed by atoms with Gasteiger partial charge >= 0.3 is 0 Å². The summed E-state index contributed by atoms with van der Waals surface area (Å²) in [6.45, 7) is 0. The van der Waals surface area contributed by atoms with Gasteiger partial charge in [0.2, 0.25) is 0 Å². The van der Waals surface area contributed by atoms with Crippen LogP contribution in [0.25, 0.3) is 43.2 Å². The second-order valence-corrected chi connectivity index (χ2v) is 6.35. The highest BCUT2D eigenvalue weighted by atomic mass is 14.7. The third-order valence-corrected chi connectivity index (χ3v) is 4.86. The van der Waals surface area contributed by atoms with E-state index in [0.717, 1.165) is 0 Å². The van der Waals surface area contributed by atoms with Gasteiger partial charge in [0.1, 0.15) is 0 Å². The number of fused-ring (bicyclic) bond motifs is 1. The van der Waals surface area contributed by atoms with E-state index in [-0.39, 0.29) is 0 Å². The molecular weight excluding hydrogens is 302 g/mol. The first-order valence-electron chi connectivity index (χ1n) is 8.55. The highest BCUT2D eigenvalue weighted by Gasteiger charge is 2.05. The number of para-hydroxylation sites is 1. The standard InChI is InChI=1S/C16H10.C8H7N/c1-3-11-7-9-13-5-2-6-14-10-8-12(4-1)15(11)16(13)14;1-2-4-8-7(3-1)5-6-9-8/h1-10H;1-6,9H. The first kappa shape index (κ1) is 14.1. The van der Waals surface area contributed by atoms with Crippen molar-refractivity contribution in [2.45, 2.75) is 0 Å². The van der Waals surface area contributed by atoms with Crippen LogP contribution in [0.4, 0.5) is 0 Å². The van der Waals surface area contributed by atoms with Crippen molar-refractivity contribution in [2.75, 3.05) is 0 Å². The molecule has 0 bridgehead atoms. The minimum absolute atomic E-state index is 1.21. The van der Waals surface area contributed by atoms with Gasteiger partial charge in [0.25, 0.3) is 0 Å². The number of aromatic amines is 1. The Morgan fingerprint density at radius 2 is 0.880 bits per heavy atom. The van der Waals surface area contributed by atoms with Crippen molar-refractivity contribution >= 4 is 43.2 Å². The first-order valence-corrected chi connectivity index (χ1v) is 8.55. The van der Waals surface area contributed by atoms with Crippen molar-refractivity contribution in [3.8, 4) is 0 Å². The fourth-order valence-corrected chi connectivity index (χ4v) is 3.66. The molecule has 0 fully saturated rings. The number of aromatic nitrogens is 1. The number of hydrogen-bond acceptors (Lipinski definition) is 0. The highest BCUT2D eigenvalue weighted by Crippen LogP contribution is 2.33. The van der Waals surface area contributed by atoms with Gasteiger partial charge in [-0.2, -0.15) is 0 Å². The maximum absolute atomic E-state index is 3.12. The van der Waals surface area contributed by atoms with Gasteiger partial charge in [-0.1, -0.05) is 78.9 Å². The van der Waals surface area contributed by atoms with E-state index in [9.17, 15) is 0 Å². The summed E-state index contributed by atoms with van der Waals surface area (Å²) < 4.78 is 0. The van der Waals surface area contributed by atoms with E-state index in [4.69, 9.17) is 0 Å². The van der Waals surface area contributed by atoms with Crippen LogP contribution >= 0.6 is 0 Å². The third kappa shape index (κ3) is 2.33. The SMILES string of the molecule is c1cc2ccc3cccc4ccc(c1)c2c34.c1ccc2[nH]ccc2c1. The molecule has 0 saturated carbocycles. The third-order valence-electron chi connectivity index (χ3n) is 4.86. The minimum atomic E-state index is 1.21.